The first-order valence-electron chi connectivity index (χ1n) is 4.88. The standard InChI is InChI=1S/C10H14N4O/c1-8(10-4-5-12-14(10)2)11-7-9-3-6-13-15-9/h3-6,8,11H,7H2,1-2H3. The summed E-state index contributed by atoms with van der Waals surface area (Å²) in [7, 11) is 1.93. The highest BCUT2D eigenvalue weighted by Crippen LogP contribution is 2.10. The zero-order valence-corrected chi connectivity index (χ0v) is 8.84. The number of nitrogens with one attached hydrogen (secondary N) is 1. The smallest absolute Gasteiger partial charge is 0.150 e. The van der Waals surface area contributed by atoms with Crippen molar-refractivity contribution in [2.45, 2.75) is 19.5 Å². The first-order chi connectivity index (χ1) is 7.27. The van der Waals surface area contributed by atoms with Crippen molar-refractivity contribution < 1.29 is 4.52 Å². The second-order valence-corrected chi connectivity index (χ2v) is 3.46. The van der Waals surface area contributed by atoms with E-state index in [1.165, 1.54) is 0 Å². The van der Waals surface area contributed by atoms with Crippen LogP contribution in [-0.4, -0.2) is 14.9 Å². The minimum absolute atomic E-state index is 0.239. The maximum atomic E-state index is 5.00. The highest BCUT2D eigenvalue weighted by atomic mass is 16.5. The third kappa shape index (κ3) is 2.24. The van der Waals surface area contributed by atoms with Crippen LogP contribution in [0.15, 0.2) is 29.0 Å². The number of nitrogens with zero attached hydrogens (tertiary/aromatic N) is 3. The van der Waals surface area contributed by atoms with Crippen molar-refractivity contribution in [3.63, 3.8) is 0 Å². The van der Waals surface area contributed by atoms with Crippen molar-refractivity contribution >= 4 is 0 Å². The maximum Gasteiger partial charge on any atom is 0.150 e. The van der Waals surface area contributed by atoms with Gasteiger partial charge in [-0.3, -0.25) is 4.68 Å². The lowest BCUT2D eigenvalue weighted by molar-refractivity contribution is 0.364. The lowest BCUT2D eigenvalue weighted by Crippen LogP contribution is -2.20. The first-order valence-corrected chi connectivity index (χ1v) is 4.88. The SMILES string of the molecule is CC(NCc1ccno1)c1ccnn1C. The van der Waals surface area contributed by atoms with E-state index >= 15 is 0 Å². The van der Waals surface area contributed by atoms with Crippen molar-refractivity contribution in [2.75, 3.05) is 0 Å². The second-order valence-electron chi connectivity index (χ2n) is 3.46. The van der Waals surface area contributed by atoms with E-state index in [0.717, 1.165) is 11.5 Å². The quantitative estimate of drug-likeness (QED) is 0.818. The molecule has 0 aliphatic heterocycles. The minimum atomic E-state index is 0.239. The fourth-order valence-electron chi connectivity index (χ4n) is 1.50. The highest BCUT2D eigenvalue weighted by molar-refractivity contribution is 5.05. The van der Waals surface area contributed by atoms with Crippen LogP contribution in [-0.2, 0) is 13.6 Å². The van der Waals surface area contributed by atoms with Gasteiger partial charge in [-0.05, 0) is 13.0 Å². The van der Waals surface area contributed by atoms with Gasteiger partial charge in [-0.15, -0.1) is 0 Å². The van der Waals surface area contributed by atoms with Gasteiger partial charge in [0.25, 0.3) is 0 Å². The maximum absolute atomic E-state index is 5.00. The molecule has 0 aliphatic carbocycles. The molecule has 1 unspecified atom stereocenters. The molecule has 0 fully saturated rings. The van der Waals surface area contributed by atoms with Gasteiger partial charge in [-0.25, -0.2) is 0 Å². The van der Waals surface area contributed by atoms with Gasteiger partial charge in [0.15, 0.2) is 0 Å². The zero-order valence-electron chi connectivity index (χ0n) is 8.84. The number of aromatic nitrogens is 3. The van der Waals surface area contributed by atoms with Gasteiger partial charge in [0.1, 0.15) is 5.76 Å². The van der Waals surface area contributed by atoms with Gasteiger partial charge in [-0.2, -0.15) is 5.10 Å². The fraction of sp³-hybridized carbons (Fsp3) is 0.400. The molecule has 2 aromatic rings. The molecule has 1 N–H and O–H groups in total. The monoisotopic (exact) mass is 206 g/mol. The third-order valence-corrected chi connectivity index (χ3v) is 2.38. The molecule has 2 aromatic heterocycles. The van der Waals surface area contributed by atoms with Gasteiger partial charge in [0.2, 0.25) is 0 Å². The topological polar surface area (TPSA) is 55.9 Å². The Morgan fingerprint density at radius 2 is 2.33 bits per heavy atom. The summed E-state index contributed by atoms with van der Waals surface area (Å²) in [4.78, 5) is 0. The molecule has 2 heterocycles. The Morgan fingerprint density at radius 3 is 2.93 bits per heavy atom. The molecule has 0 aliphatic rings. The molecule has 15 heavy (non-hydrogen) atoms. The lowest BCUT2D eigenvalue weighted by Gasteiger charge is -2.12. The van der Waals surface area contributed by atoms with Crippen LogP contribution in [0.1, 0.15) is 24.4 Å². The van der Waals surface area contributed by atoms with E-state index in [1.807, 2.05) is 23.9 Å². The predicted octanol–water partition coefficient (Wildman–Crippen LogP) is 1.26. The molecule has 5 nitrogen and oxygen atoms in total. The van der Waals surface area contributed by atoms with Gasteiger partial charge in [-0.1, -0.05) is 5.16 Å². The first kappa shape index (κ1) is 9.92. The number of rotatable bonds is 4. The van der Waals surface area contributed by atoms with E-state index in [-0.39, 0.29) is 6.04 Å². The molecular formula is C10H14N4O. The Bertz CT molecular complexity index is 407. The lowest BCUT2D eigenvalue weighted by atomic mass is 10.2. The Morgan fingerprint density at radius 1 is 1.47 bits per heavy atom. The van der Waals surface area contributed by atoms with Crippen molar-refractivity contribution in [3.8, 4) is 0 Å². The normalized spacial score (nSPS) is 12.9. The van der Waals surface area contributed by atoms with E-state index in [9.17, 15) is 0 Å². The van der Waals surface area contributed by atoms with E-state index < -0.39 is 0 Å². The molecule has 5 heteroatoms. The average molecular weight is 206 g/mol. The van der Waals surface area contributed by atoms with E-state index in [2.05, 4.69) is 22.5 Å². The van der Waals surface area contributed by atoms with Gasteiger partial charge in [0.05, 0.1) is 18.4 Å². The van der Waals surface area contributed by atoms with Crippen LogP contribution in [0.5, 0.6) is 0 Å². The Kier molecular flexibility index (Phi) is 2.82. The Balaban J connectivity index is 1.93. The van der Waals surface area contributed by atoms with Gasteiger partial charge >= 0.3 is 0 Å². The molecule has 0 bridgehead atoms. The van der Waals surface area contributed by atoms with Gasteiger partial charge < -0.3 is 9.84 Å². The van der Waals surface area contributed by atoms with E-state index in [0.29, 0.717) is 6.54 Å². The summed E-state index contributed by atoms with van der Waals surface area (Å²) >= 11 is 0. The van der Waals surface area contributed by atoms with E-state index in [4.69, 9.17) is 4.52 Å². The number of aryl methyl sites for hydroxylation is 1. The molecule has 0 saturated carbocycles. The largest absolute Gasteiger partial charge is 0.360 e. The second kappa shape index (κ2) is 4.27. The summed E-state index contributed by atoms with van der Waals surface area (Å²) in [6.45, 7) is 2.76. The average Bonchev–Trinajstić information content (AvgIpc) is 2.84. The predicted molar refractivity (Wildman–Crippen MR) is 55.0 cm³/mol. The number of hydrogen-bond donors (Lipinski definition) is 1. The third-order valence-electron chi connectivity index (χ3n) is 2.38. The summed E-state index contributed by atoms with van der Waals surface area (Å²) < 4.78 is 6.86. The highest BCUT2D eigenvalue weighted by Gasteiger charge is 2.09. The molecular weight excluding hydrogens is 192 g/mol. The molecule has 0 aromatic carbocycles. The summed E-state index contributed by atoms with van der Waals surface area (Å²) in [6.07, 6.45) is 3.44. The fourth-order valence-corrected chi connectivity index (χ4v) is 1.50. The summed E-state index contributed by atoms with van der Waals surface area (Å²) in [6, 6.07) is 4.09. The molecule has 0 amide bonds. The Hall–Kier alpha value is -1.62. The van der Waals surface area contributed by atoms with Crippen LogP contribution in [0.25, 0.3) is 0 Å². The molecule has 80 valence electrons. The molecule has 2 rings (SSSR count). The van der Waals surface area contributed by atoms with E-state index in [1.54, 1.807) is 12.4 Å². The van der Waals surface area contributed by atoms with Crippen LogP contribution in [0, 0.1) is 0 Å². The summed E-state index contributed by atoms with van der Waals surface area (Å²) in [5.74, 6) is 0.837. The minimum Gasteiger partial charge on any atom is -0.360 e. The molecule has 0 saturated heterocycles. The summed E-state index contributed by atoms with van der Waals surface area (Å²) in [5.41, 5.74) is 1.15. The van der Waals surface area contributed by atoms with Gasteiger partial charge in [0, 0.05) is 25.4 Å². The van der Waals surface area contributed by atoms with Crippen LogP contribution >= 0.6 is 0 Å². The van der Waals surface area contributed by atoms with Crippen molar-refractivity contribution in [1.29, 1.82) is 0 Å². The molecule has 0 radical (unpaired) electrons. The van der Waals surface area contributed by atoms with Crippen molar-refractivity contribution in [1.82, 2.24) is 20.3 Å². The molecule has 0 spiro atoms. The Labute approximate surface area is 88.1 Å². The number of hydrogen-bond acceptors (Lipinski definition) is 4. The van der Waals surface area contributed by atoms with Crippen molar-refractivity contribution in [3.05, 3.63) is 36.0 Å². The van der Waals surface area contributed by atoms with Crippen LogP contribution in [0.4, 0.5) is 0 Å². The summed E-state index contributed by atoms with van der Waals surface area (Å²) in [5, 5.41) is 11.1. The van der Waals surface area contributed by atoms with Crippen LogP contribution in [0.2, 0.25) is 0 Å². The zero-order chi connectivity index (χ0) is 10.7. The van der Waals surface area contributed by atoms with Crippen molar-refractivity contribution in [2.24, 2.45) is 7.05 Å². The molecule has 1 atom stereocenters. The van der Waals surface area contributed by atoms with Crippen LogP contribution < -0.4 is 5.32 Å². The van der Waals surface area contributed by atoms with Crippen LogP contribution in [0.3, 0.4) is 0 Å².